The van der Waals surface area contributed by atoms with Crippen LogP contribution >= 0.6 is 21.6 Å². The summed E-state index contributed by atoms with van der Waals surface area (Å²) in [6, 6.07) is 18.1. The summed E-state index contributed by atoms with van der Waals surface area (Å²) in [6.45, 7) is 4.70. The third kappa shape index (κ3) is 13.7. The van der Waals surface area contributed by atoms with Crippen LogP contribution in [0.1, 0.15) is 211 Å². The Bertz CT molecular complexity index is 3000. The van der Waals surface area contributed by atoms with E-state index in [1.165, 1.54) is 81.0 Å². The van der Waals surface area contributed by atoms with E-state index >= 15 is 0 Å². The smallest absolute Gasteiger partial charge is 0.189 e. The Hall–Kier alpha value is -4.13. The summed E-state index contributed by atoms with van der Waals surface area (Å²) in [4.78, 5) is 9.05. The number of nitrogens with one attached hydrogen (secondary N) is 3. The molecular weight excluding hydrogens is 1140 g/mol. The van der Waals surface area contributed by atoms with Crippen molar-refractivity contribution in [3.8, 4) is 17.2 Å². The molecule has 0 amide bonds. The Morgan fingerprint density at radius 3 is 2.49 bits per heavy atom. The van der Waals surface area contributed by atoms with E-state index in [1.807, 2.05) is 46.7 Å². The first-order valence-electron chi connectivity index (χ1n) is 34.4. The molecule has 14 nitrogen and oxygen atoms in total. The van der Waals surface area contributed by atoms with Crippen LogP contribution < -0.4 is 26.8 Å². The molecule has 4 aromatic rings. The zero-order valence-electron chi connectivity index (χ0n) is 52.5. The van der Waals surface area contributed by atoms with Crippen molar-refractivity contribution in [1.29, 1.82) is 0 Å². The lowest BCUT2D eigenvalue weighted by Gasteiger charge is -2.53. The van der Waals surface area contributed by atoms with Gasteiger partial charge in [0.05, 0.1) is 18.8 Å². The van der Waals surface area contributed by atoms with Crippen molar-refractivity contribution in [2.45, 2.75) is 222 Å². The van der Waals surface area contributed by atoms with E-state index in [1.54, 1.807) is 18.2 Å². The van der Waals surface area contributed by atoms with Crippen LogP contribution in [0.3, 0.4) is 0 Å². The molecule has 6 fully saturated rings. The number of aliphatic hydroxyl groups excluding tert-OH is 4. The monoisotopic (exact) mass is 1240 g/mol. The number of allylic oxidation sites excluding steroid dienone is 2. The van der Waals surface area contributed by atoms with Gasteiger partial charge in [-0.25, -0.2) is 4.99 Å². The van der Waals surface area contributed by atoms with Gasteiger partial charge in [0.15, 0.2) is 17.5 Å². The van der Waals surface area contributed by atoms with Gasteiger partial charge in [-0.2, -0.15) is 0 Å². The highest BCUT2D eigenvalue weighted by molar-refractivity contribution is 8.76. The van der Waals surface area contributed by atoms with Gasteiger partial charge < -0.3 is 66.9 Å². The SMILES string of the molecule is C[C@H](O)CN[C@H](CCCO)[C@H]1c2cc([C@@H](O)COc3cc(CCc4cc(CO)c(CC[C@@H]5CC[C@H]6[C@H]7CSSC[C@@H](N=C(N)N[C@H]8CCC[C@H](c9ccc(O)cc9)C8)[C@@H](C)CC[C@H]6[C@H](C5)C[C@H]7N)o4)ccc3O)[nH]c2[C@H]2C=C[C@@]13CCC[C@@H]3C21CCCC1. The average Bonchev–Trinajstić information content (AvgIpc) is 1.52. The molecule has 88 heavy (non-hydrogen) atoms. The largest absolute Gasteiger partial charge is 0.508 e. The van der Waals surface area contributed by atoms with Crippen LogP contribution in [0.5, 0.6) is 17.2 Å². The Labute approximate surface area is 531 Å². The summed E-state index contributed by atoms with van der Waals surface area (Å²) in [5, 5.41) is 71.6. The summed E-state index contributed by atoms with van der Waals surface area (Å²) >= 11 is 0. The Balaban J connectivity index is 0.661. The number of aromatic hydroxyl groups is 2. The molecule has 1 aliphatic heterocycles. The van der Waals surface area contributed by atoms with E-state index in [0.717, 1.165) is 104 Å². The van der Waals surface area contributed by atoms with Gasteiger partial charge in [0.2, 0.25) is 0 Å². The van der Waals surface area contributed by atoms with Gasteiger partial charge in [-0.05, 0) is 216 Å². The third-order valence-corrected chi connectivity index (χ3v) is 26.2. The molecule has 482 valence electrons. The number of hydrogen-bond donors (Lipinski definition) is 11. The van der Waals surface area contributed by atoms with Crippen molar-refractivity contribution in [2.24, 2.45) is 68.7 Å². The molecule has 8 aliphatic carbocycles. The average molecular weight is 1250 g/mol. The molecule has 2 aromatic heterocycles. The maximum absolute atomic E-state index is 12.0. The molecule has 9 aliphatic rings. The second kappa shape index (κ2) is 28.4. The van der Waals surface area contributed by atoms with E-state index in [4.69, 9.17) is 25.6 Å². The van der Waals surface area contributed by atoms with Crippen molar-refractivity contribution in [2.75, 3.05) is 31.3 Å². The first kappa shape index (κ1) is 64.0. The van der Waals surface area contributed by atoms with Crippen LogP contribution in [-0.2, 0) is 25.9 Å². The van der Waals surface area contributed by atoms with Gasteiger partial charge in [0.1, 0.15) is 30.0 Å². The number of nitrogens with two attached hydrogens (primary N) is 2. The minimum absolute atomic E-state index is 0.0204. The second-order valence-electron chi connectivity index (χ2n) is 29.0. The molecule has 3 heterocycles. The summed E-state index contributed by atoms with van der Waals surface area (Å²) in [5.74, 6) is 9.73. The highest BCUT2D eigenvalue weighted by Crippen LogP contribution is 2.73. The molecule has 2 spiro atoms. The van der Waals surface area contributed by atoms with E-state index in [0.29, 0.717) is 90.6 Å². The van der Waals surface area contributed by atoms with Crippen molar-refractivity contribution >= 4 is 27.5 Å². The summed E-state index contributed by atoms with van der Waals surface area (Å²) in [5.41, 5.74) is 20.4. The van der Waals surface area contributed by atoms with Crippen LogP contribution in [-0.4, -0.2) is 103 Å². The van der Waals surface area contributed by atoms with Gasteiger partial charge in [-0.3, -0.25) is 0 Å². The number of phenols is 2. The Morgan fingerprint density at radius 2 is 1.68 bits per heavy atom. The number of aromatic nitrogens is 1. The number of aliphatic hydroxyl groups is 4. The lowest BCUT2D eigenvalue weighted by molar-refractivity contribution is 0.0338. The molecule has 17 atom stereocenters. The van der Waals surface area contributed by atoms with Gasteiger partial charge in [0, 0.05) is 89.8 Å². The number of H-pyrrole nitrogens is 1. The van der Waals surface area contributed by atoms with E-state index < -0.39 is 12.2 Å². The number of aromatic amines is 1. The predicted molar refractivity (Wildman–Crippen MR) is 354 cm³/mol. The van der Waals surface area contributed by atoms with Gasteiger partial charge in [-0.1, -0.05) is 91.0 Å². The molecule has 0 radical (unpaired) electrons. The lowest BCUT2D eigenvalue weighted by Crippen LogP contribution is -2.50. The molecule has 6 bridgehead atoms. The molecule has 0 unspecified atom stereocenters. The Morgan fingerprint density at radius 1 is 0.864 bits per heavy atom. The predicted octanol–water partition coefficient (Wildman–Crippen LogP) is 12.4. The number of furan rings is 1. The van der Waals surface area contributed by atoms with E-state index in [-0.39, 0.29) is 72.4 Å². The second-order valence-corrected chi connectivity index (χ2v) is 31.5. The van der Waals surface area contributed by atoms with E-state index in [2.05, 4.69) is 52.9 Å². The minimum Gasteiger partial charge on any atom is -0.508 e. The number of ether oxygens (including phenoxy) is 1. The lowest BCUT2D eigenvalue weighted by atomic mass is 9.51. The van der Waals surface area contributed by atoms with Crippen molar-refractivity contribution in [3.63, 3.8) is 0 Å². The number of nitrogens with zero attached hydrogens (tertiary/aromatic N) is 1. The fourth-order valence-corrected chi connectivity index (χ4v) is 22.3. The van der Waals surface area contributed by atoms with Crippen LogP contribution in [0.15, 0.2) is 76.2 Å². The summed E-state index contributed by atoms with van der Waals surface area (Å²) in [6.07, 6.45) is 28.0. The van der Waals surface area contributed by atoms with Crippen LogP contribution in [0, 0.1) is 52.3 Å². The highest BCUT2D eigenvalue weighted by Gasteiger charge is 2.65. The van der Waals surface area contributed by atoms with Crippen molar-refractivity contribution < 1.29 is 39.8 Å². The first-order chi connectivity index (χ1) is 42.7. The first-order valence-corrected chi connectivity index (χ1v) is 36.9. The zero-order chi connectivity index (χ0) is 61.1. The van der Waals surface area contributed by atoms with E-state index in [9.17, 15) is 30.6 Å². The fourth-order valence-electron chi connectivity index (χ4n) is 19.4. The normalized spacial score (nSPS) is 33.0. The van der Waals surface area contributed by atoms with Crippen LogP contribution in [0.4, 0.5) is 0 Å². The molecule has 13 rings (SSSR count). The summed E-state index contributed by atoms with van der Waals surface area (Å²) < 4.78 is 12.9. The van der Waals surface area contributed by atoms with Gasteiger partial charge in [-0.15, -0.1) is 0 Å². The molecule has 2 aromatic carbocycles. The number of phenolic OH excluding ortho intramolecular Hbond substituents is 2. The maximum atomic E-state index is 12.0. The fraction of sp³-hybridized carbons (Fsp3) is 0.681. The number of guanidine groups is 1. The van der Waals surface area contributed by atoms with Crippen LogP contribution in [0.25, 0.3) is 0 Å². The molecule has 16 heteroatoms. The van der Waals surface area contributed by atoms with Gasteiger partial charge >= 0.3 is 0 Å². The number of rotatable bonds is 21. The van der Waals surface area contributed by atoms with Gasteiger partial charge in [0.25, 0.3) is 0 Å². The number of aryl methyl sites for hydroxylation is 3. The van der Waals surface area contributed by atoms with Crippen LogP contribution in [0.2, 0.25) is 0 Å². The quantitative estimate of drug-likeness (QED) is 0.0161. The number of benzene rings is 2. The zero-order valence-corrected chi connectivity index (χ0v) is 54.1. The standard InChI is InChI=1S/C72H104N6O8S2/c1-43-12-22-54-49-32-45(14-23-55(54)57(59(73)36-49)41-87-88-42-62(43)78-70(74)76-51-9-5-8-48(34-51)47-17-19-52(82)20-18-47)16-25-65-50(39-80)35-53(86-65)21-13-46-15-24-63(83)66(33-46)85-40-64(84)61-37-56-68(60(10-7-31-79)75-38-44(2)81)72-29-6-11-67(72)71(27-3-4-28-71)58(26-30-72)69(56)77-61/h15,17-20,24,26,30,33,35,37,43-45,48-49,51,54-55,57-60,62,64,67-68,75,77,79-84H,3-14,16,21-23,25,27-29,31-32,34,36,38-42,73H2,1-2H3,(H3,74,76,78)/t43-,44-,45-,48-,49+,51-,54-,55+,57+,58+,59+,60+,62+,64-,67+,68+,72+/m0/s1. The van der Waals surface area contributed by atoms with Crippen molar-refractivity contribution in [1.82, 2.24) is 15.6 Å². The summed E-state index contributed by atoms with van der Waals surface area (Å²) in [7, 11) is 3.95. The number of aliphatic imine (C=N–C) groups is 1. The maximum Gasteiger partial charge on any atom is 0.189 e. The Kier molecular flexibility index (Phi) is 20.6. The molecular formula is C72H104N6O8S2. The molecule has 5 saturated carbocycles. The third-order valence-electron chi connectivity index (χ3n) is 23.7. The molecule has 13 N–H and O–H groups in total. The molecule has 1 saturated heterocycles. The highest BCUT2D eigenvalue weighted by atomic mass is 33.1. The minimum atomic E-state index is -0.970. The number of hydrogen-bond acceptors (Lipinski definition) is 13. The topological polar surface area (TPSA) is 248 Å². The van der Waals surface area contributed by atoms with Crippen molar-refractivity contribution in [3.05, 3.63) is 112 Å².